The zero-order valence-corrected chi connectivity index (χ0v) is 13.1. The molecule has 0 aromatic carbocycles. The second-order valence-electron chi connectivity index (χ2n) is 5.41. The summed E-state index contributed by atoms with van der Waals surface area (Å²) in [5.74, 6) is -1.91. The molecule has 0 radical (unpaired) electrons. The lowest BCUT2D eigenvalue weighted by Gasteiger charge is -2.25. The lowest BCUT2D eigenvalue weighted by atomic mass is 10.1. The highest BCUT2D eigenvalue weighted by Gasteiger charge is 2.59. The van der Waals surface area contributed by atoms with Gasteiger partial charge in [0.25, 0.3) is 0 Å². The fraction of sp³-hybridized carbons (Fsp3) is 0.909. The molecule has 2 rings (SSSR count). The van der Waals surface area contributed by atoms with E-state index < -0.39 is 58.6 Å². The fourth-order valence-electron chi connectivity index (χ4n) is 2.20. The van der Waals surface area contributed by atoms with Crippen molar-refractivity contribution in [3.05, 3.63) is 0 Å². The smallest absolute Gasteiger partial charge is 0.463 e. The van der Waals surface area contributed by atoms with E-state index in [1.54, 1.807) is 0 Å². The van der Waals surface area contributed by atoms with Gasteiger partial charge in [0.15, 0.2) is 12.1 Å². The van der Waals surface area contributed by atoms with Gasteiger partial charge in [-0.15, -0.1) is 0 Å². The molecule has 4 atom stereocenters. The summed E-state index contributed by atoms with van der Waals surface area (Å²) >= 11 is 0. The Hall–Kier alpha value is -0.950. The first kappa shape index (κ1) is 18.4. The Bertz CT molecular complexity index is 572. The number of hydrogen-bond acceptors (Lipinski definition) is 8. The van der Waals surface area contributed by atoms with Crippen LogP contribution in [0.1, 0.15) is 20.8 Å². The normalized spacial score (nSPS) is 33.5. The molecule has 2 aliphatic rings. The third-order valence-corrected chi connectivity index (χ3v) is 4.10. The number of fused-ring (bicyclic) bond motifs is 1. The largest absolute Gasteiger partial charge is 0.523 e. The Kier molecular flexibility index (Phi) is 4.67. The van der Waals surface area contributed by atoms with E-state index in [1.165, 1.54) is 13.8 Å². The van der Waals surface area contributed by atoms with Crippen molar-refractivity contribution >= 4 is 16.1 Å². The lowest BCUT2D eigenvalue weighted by Crippen LogP contribution is -2.43. The van der Waals surface area contributed by atoms with Gasteiger partial charge in [0, 0.05) is 6.92 Å². The van der Waals surface area contributed by atoms with Crippen molar-refractivity contribution in [2.75, 3.05) is 6.61 Å². The third kappa shape index (κ3) is 3.94. The maximum Gasteiger partial charge on any atom is 0.523 e. The minimum absolute atomic E-state index is 0.506. The monoisotopic (exact) mass is 364 g/mol. The van der Waals surface area contributed by atoms with Crippen molar-refractivity contribution in [2.45, 2.75) is 56.7 Å². The highest BCUT2D eigenvalue weighted by molar-refractivity contribution is 7.87. The van der Waals surface area contributed by atoms with Crippen molar-refractivity contribution in [2.24, 2.45) is 0 Å². The van der Waals surface area contributed by atoms with Crippen molar-refractivity contribution < 1.29 is 49.5 Å². The predicted octanol–water partition coefficient (Wildman–Crippen LogP) is 0.661. The number of esters is 1. The van der Waals surface area contributed by atoms with Gasteiger partial charge < -0.3 is 18.9 Å². The Morgan fingerprint density at radius 2 is 1.87 bits per heavy atom. The van der Waals surface area contributed by atoms with Crippen LogP contribution < -0.4 is 0 Å². The molecule has 2 heterocycles. The van der Waals surface area contributed by atoms with Gasteiger partial charge in [0.2, 0.25) is 0 Å². The highest BCUT2D eigenvalue weighted by atomic mass is 32.2. The minimum atomic E-state index is -5.88. The van der Waals surface area contributed by atoms with Crippen LogP contribution >= 0.6 is 0 Å². The Labute approximate surface area is 129 Å². The average Bonchev–Trinajstić information content (AvgIpc) is 2.79. The van der Waals surface area contributed by atoms with Crippen LogP contribution in [-0.4, -0.2) is 56.9 Å². The second-order valence-corrected chi connectivity index (χ2v) is 6.97. The molecular formula is C11H15F3O8S. The van der Waals surface area contributed by atoms with Crippen LogP contribution in [0.2, 0.25) is 0 Å². The number of carbonyl (C=O) groups is 1. The van der Waals surface area contributed by atoms with Gasteiger partial charge in [-0.3, -0.25) is 8.98 Å². The van der Waals surface area contributed by atoms with Crippen LogP contribution in [0.25, 0.3) is 0 Å². The molecule has 2 fully saturated rings. The summed E-state index contributed by atoms with van der Waals surface area (Å²) in [6.45, 7) is 3.53. The molecule has 0 unspecified atom stereocenters. The van der Waals surface area contributed by atoms with Crippen molar-refractivity contribution in [1.82, 2.24) is 0 Å². The molecule has 0 saturated carbocycles. The lowest BCUT2D eigenvalue weighted by molar-refractivity contribution is -0.218. The first-order chi connectivity index (χ1) is 10.3. The Balaban J connectivity index is 2.20. The summed E-state index contributed by atoms with van der Waals surface area (Å²) in [6.07, 6.45) is -5.32. The standard InChI is InChI=1S/C11H15F3O8S/c1-5(15)18-4-6-7(22-23(16,17)11(12,13)14)8-9(19-6)21-10(2,3)20-8/h6-9H,4H2,1-3H3/t6-,7-,8-,9-/m1/s1. The SMILES string of the molecule is CC(=O)OC[C@H]1O[C@@H]2OC(C)(C)O[C@@H]2[C@@H]1OS(=O)(=O)C(F)(F)F. The van der Waals surface area contributed by atoms with Gasteiger partial charge in [-0.25, -0.2) is 0 Å². The number of alkyl halides is 3. The van der Waals surface area contributed by atoms with Gasteiger partial charge in [-0.05, 0) is 13.8 Å². The molecule has 12 heteroatoms. The van der Waals surface area contributed by atoms with Crippen LogP contribution in [0.15, 0.2) is 0 Å². The average molecular weight is 364 g/mol. The fourth-order valence-corrected chi connectivity index (χ4v) is 2.83. The van der Waals surface area contributed by atoms with Crippen LogP contribution in [0, 0.1) is 0 Å². The van der Waals surface area contributed by atoms with E-state index in [1.807, 2.05) is 0 Å². The molecule has 0 amide bonds. The number of halogens is 3. The van der Waals surface area contributed by atoms with Gasteiger partial charge in [0.05, 0.1) is 0 Å². The molecule has 0 bridgehead atoms. The second kappa shape index (κ2) is 5.84. The zero-order chi connectivity index (χ0) is 17.6. The van der Waals surface area contributed by atoms with Crippen LogP contribution in [0.5, 0.6) is 0 Å². The molecule has 0 spiro atoms. The third-order valence-electron chi connectivity index (χ3n) is 3.06. The van der Waals surface area contributed by atoms with Gasteiger partial charge in [0.1, 0.15) is 24.9 Å². The Morgan fingerprint density at radius 1 is 1.26 bits per heavy atom. The predicted molar refractivity (Wildman–Crippen MR) is 65.2 cm³/mol. The van der Waals surface area contributed by atoms with Gasteiger partial charge >= 0.3 is 21.6 Å². The zero-order valence-electron chi connectivity index (χ0n) is 12.3. The van der Waals surface area contributed by atoms with Gasteiger partial charge in [-0.1, -0.05) is 0 Å². The van der Waals surface area contributed by atoms with E-state index in [4.69, 9.17) is 14.2 Å². The number of hydrogen-bond donors (Lipinski definition) is 0. The van der Waals surface area contributed by atoms with Crippen LogP contribution in [0.4, 0.5) is 13.2 Å². The van der Waals surface area contributed by atoms with E-state index in [0.717, 1.165) is 6.92 Å². The van der Waals surface area contributed by atoms with Crippen LogP contribution in [-0.2, 0) is 38.0 Å². The van der Waals surface area contributed by atoms with Crippen molar-refractivity contribution in [3.63, 3.8) is 0 Å². The molecule has 0 aliphatic carbocycles. The van der Waals surface area contributed by atoms with E-state index >= 15 is 0 Å². The van der Waals surface area contributed by atoms with E-state index in [2.05, 4.69) is 8.92 Å². The minimum Gasteiger partial charge on any atom is -0.463 e. The highest BCUT2D eigenvalue weighted by Crippen LogP contribution is 2.40. The molecule has 0 N–H and O–H groups in total. The molecule has 23 heavy (non-hydrogen) atoms. The maximum absolute atomic E-state index is 12.5. The summed E-state index contributed by atoms with van der Waals surface area (Å²) < 4.78 is 84.8. The summed E-state index contributed by atoms with van der Waals surface area (Å²) in [6, 6.07) is 0. The van der Waals surface area contributed by atoms with E-state index in [9.17, 15) is 26.4 Å². The number of ether oxygens (including phenoxy) is 4. The van der Waals surface area contributed by atoms with Gasteiger partial charge in [-0.2, -0.15) is 21.6 Å². The molecule has 8 nitrogen and oxygen atoms in total. The Morgan fingerprint density at radius 3 is 2.39 bits per heavy atom. The summed E-state index contributed by atoms with van der Waals surface area (Å²) in [5.41, 5.74) is -5.61. The molecule has 2 saturated heterocycles. The molecule has 2 aliphatic heterocycles. The van der Waals surface area contributed by atoms with E-state index in [-0.39, 0.29) is 0 Å². The summed E-state index contributed by atoms with van der Waals surface area (Å²) in [7, 11) is -5.88. The molecular weight excluding hydrogens is 349 g/mol. The van der Waals surface area contributed by atoms with Crippen LogP contribution in [0.3, 0.4) is 0 Å². The summed E-state index contributed by atoms with van der Waals surface area (Å²) in [4.78, 5) is 10.8. The first-order valence-corrected chi connectivity index (χ1v) is 7.87. The number of rotatable bonds is 4. The number of carbonyl (C=O) groups excluding carboxylic acids is 1. The summed E-state index contributed by atoms with van der Waals surface area (Å²) in [5, 5.41) is 0. The molecule has 134 valence electrons. The molecule has 0 aromatic heterocycles. The van der Waals surface area contributed by atoms with Crippen molar-refractivity contribution in [1.29, 1.82) is 0 Å². The maximum atomic E-state index is 12.5. The first-order valence-electron chi connectivity index (χ1n) is 6.46. The van der Waals surface area contributed by atoms with Crippen molar-refractivity contribution in [3.8, 4) is 0 Å². The van der Waals surface area contributed by atoms with E-state index in [0.29, 0.717) is 0 Å². The molecule has 0 aromatic rings. The topological polar surface area (TPSA) is 97.4 Å². The quantitative estimate of drug-likeness (QED) is 0.408.